The molecule has 4 N–H and O–H groups in total. The van der Waals surface area contributed by atoms with E-state index in [1.165, 1.54) is 0 Å². The van der Waals surface area contributed by atoms with Gasteiger partial charge in [-0.05, 0) is 18.2 Å². The number of aliphatic hydroxyl groups excluding tert-OH is 1. The summed E-state index contributed by atoms with van der Waals surface area (Å²) in [6, 6.07) is 2.31. The number of carboxylic acid groups (broad SMARTS) is 2. The Hall–Kier alpha value is -1.01. The number of hydrogen-bond acceptors (Lipinski definition) is 7. The molecule has 0 spiro atoms. The molecular weight excluding hydrogens is 331 g/mol. The minimum absolute atomic E-state index is 0. The van der Waals surface area contributed by atoms with E-state index in [4.69, 9.17) is 20.4 Å². The van der Waals surface area contributed by atoms with E-state index in [9.17, 15) is 18.0 Å². The molecule has 0 aliphatic rings. The SMILES string of the molecule is O=C(O)c1cc(C(=O)O)cc(S(=O)(=O)OCCC(O)O)c1.[H-].[Na+]. The number of benzene rings is 1. The smallest absolute Gasteiger partial charge is 1.00 e. The van der Waals surface area contributed by atoms with Gasteiger partial charge in [-0.2, -0.15) is 8.42 Å². The van der Waals surface area contributed by atoms with E-state index in [1.807, 2.05) is 0 Å². The second-order valence-electron chi connectivity index (χ2n) is 3.90. The van der Waals surface area contributed by atoms with Crippen molar-refractivity contribution in [1.82, 2.24) is 0 Å². The van der Waals surface area contributed by atoms with Crippen molar-refractivity contribution < 1.29 is 73.6 Å². The molecule has 1 rings (SSSR count). The fourth-order valence-electron chi connectivity index (χ4n) is 1.32. The zero-order valence-electron chi connectivity index (χ0n) is 12.5. The second-order valence-corrected chi connectivity index (χ2v) is 5.52. The van der Waals surface area contributed by atoms with Gasteiger partial charge in [0, 0.05) is 6.42 Å². The molecule has 0 saturated heterocycles. The Kier molecular flexibility index (Phi) is 8.18. The topological polar surface area (TPSA) is 158 Å². The normalized spacial score (nSPS) is 11.0. The number of carbonyl (C=O) groups is 2. The van der Waals surface area contributed by atoms with Crippen LogP contribution in [0.25, 0.3) is 0 Å². The summed E-state index contributed by atoms with van der Waals surface area (Å²) in [5, 5.41) is 34.8. The molecule has 1 aromatic carbocycles. The van der Waals surface area contributed by atoms with Gasteiger partial charge in [-0.3, -0.25) is 4.18 Å². The van der Waals surface area contributed by atoms with E-state index in [2.05, 4.69) is 4.18 Å². The van der Waals surface area contributed by atoms with E-state index in [0.717, 1.165) is 18.2 Å². The molecule has 0 aromatic heterocycles. The number of hydrogen-bond donors (Lipinski definition) is 4. The van der Waals surface area contributed by atoms with Crippen LogP contribution in [0.3, 0.4) is 0 Å². The maximum atomic E-state index is 11.8. The molecule has 0 heterocycles. The molecule has 0 atom stereocenters. The fraction of sp³-hybridized carbons (Fsp3) is 0.273. The van der Waals surface area contributed by atoms with E-state index in [-0.39, 0.29) is 37.4 Å². The first-order valence-electron chi connectivity index (χ1n) is 5.50. The maximum absolute atomic E-state index is 11.8. The van der Waals surface area contributed by atoms with Crippen molar-refractivity contribution in [3.63, 3.8) is 0 Å². The summed E-state index contributed by atoms with van der Waals surface area (Å²) in [5.41, 5.74) is -1.06. The van der Waals surface area contributed by atoms with E-state index in [1.54, 1.807) is 0 Å². The van der Waals surface area contributed by atoms with Gasteiger partial charge in [-0.15, -0.1) is 0 Å². The molecule has 0 aliphatic carbocycles. The van der Waals surface area contributed by atoms with Crippen LogP contribution >= 0.6 is 0 Å². The number of aliphatic hydroxyl groups is 2. The Labute approximate surface area is 149 Å². The van der Waals surface area contributed by atoms with Crippen LogP contribution in [0.15, 0.2) is 23.1 Å². The van der Waals surface area contributed by atoms with Crippen LogP contribution in [0.1, 0.15) is 28.6 Å². The summed E-state index contributed by atoms with van der Waals surface area (Å²) >= 11 is 0. The molecule has 1 aromatic rings. The molecule has 0 amide bonds. The summed E-state index contributed by atoms with van der Waals surface area (Å²) in [7, 11) is -4.42. The number of aromatic carboxylic acids is 2. The van der Waals surface area contributed by atoms with Gasteiger partial charge in [-0.1, -0.05) is 0 Å². The van der Waals surface area contributed by atoms with Gasteiger partial charge >= 0.3 is 41.5 Å². The maximum Gasteiger partial charge on any atom is 1.00 e. The van der Waals surface area contributed by atoms with E-state index >= 15 is 0 Å². The number of carboxylic acids is 2. The van der Waals surface area contributed by atoms with Crippen LogP contribution in [-0.4, -0.2) is 53.7 Å². The van der Waals surface area contributed by atoms with Crippen molar-refractivity contribution in [3.8, 4) is 0 Å². The molecular formula is C11H13NaO9S. The summed E-state index contributed by atoms with van der Waals surface area (Å²) in [5.74, 6) is -3.00. The van der Waals surface area contributed by atoms with Crippen LogP contribution < -0.4 is 29.6 Å². The standard InChI is InChI=1S/C11H12O9S.Na.H/c12-9(13)1-2-20-21(18,19)8-4-6(10(14)15)3-7(5-8)11(16)17;;/h3-5,9,12-13H,1-2H2,(H,14,15)(H,16,17);;/q;+1;-1. The predicted octanol–water partition coefficient (Wildman–Crippen LogP) is -3.39. The Morgan fingerprint density at radius 1 is 1.09 bits per heavy atom. The van der Waals surface area contributed by atoms with Gasteiger partial charge in [-0.25, -0.2) is 9.59 Å². The van der Waals surface area contributed by atoms with Gasteiger partial charge in [0.05, 0.1) is 22.6 Å². The molecule has 0 radical (unpaired) electrons. The van der Waals surface area contributed by atoms with Crippen LogP contribution in [0.2, 0.25) is 0 Å². The largest absolute Gasteiger partial charge is 1.00 e. The third-order valence-corrected chi connectivity index (χ3v) is 3.59. The molecule has 0 bridgehead atoms. The monoisotopic (exact) mass is 344 g/mol. The molecule has 0 unspecified atom stereocenters. The Morgan fingerprint density at radius 3 is 1.91 bits per heavy atom. The van der Waals surface area contributed by atoms with Crippen molar-refractivity contribution in [3.05, 3.63) is 29.3 Å². The van der Waals surface area contributed by atoms with Crippen LogP contribution in [0, 0.1) is 0 Å². The van der Waals surface area contributed by atoms with Crippen LogP contribution in [0.5, 0.6) is 0 Å². The second kappa shape index (κ2) is 8.58. The molecule has 0 saturated carbocycles. The van der Waals surface area contributed by atoms with Gasteiger partial charge in [0.1, 0.15) is 0 Å². The first-order chi connectivity index (χ1) is 9.63. The molecule has 0 fully saturated rings. The quantitative estimate of drug-likeness (QED) is 0.225. The summed E-state index contributed by atoms with van der Waals surface area (Å²) < 4.78 is 28.0. The van der Waals surface area contributed by atoms with Crippen molar-refractivity contribution in [2.24, 2.45) is 0 Å². The van der Waals surface area contributed by atoms with Crippen molar-refractivity contribution in [2.45, 2.75) is 17.6 Å². The molecule has 22 heavy (non-hydrogen) atoms. The average molecular weight is 344 g/mol. The summed E-state index contributed by atoms with van der Waals surface area (Å²) in [6.07, 6.45) is -2.15. The number of rotatable bonds is 7. The fourth-order valence-corrected chi connectivity index (χ4v) is 2.32. The van der Waals surface area contributed by atoms with Crippen molar-refractivity contribution in [2.75, 3.05) is 6.61 Å². The van der Waals surface area contributed by atoms with Crippen LogP contribution in [0.4, 0.5) is 0 Å². The minimum atomic E-state index is -4.42. The molecule has 9 nitrogen and oxygen atoms in total. The third kappa shape index (κ3) is 6.01. The Bertz CT molecular complexity index is 627. The third-order valence-electron chi connectivity index (χ3n) is 2.30. The summed E-state index contributed by atoms with van der Waals surface area (Å²) in [6.45, 7) is -0.556. The van der Waals surface area contributed by atoms with Gasteiger partial charge < -0.3 is 21.9 Å². The van der Waals surface area contributed by atoms with Gasteiger partial charge in [0.2, 0.25) is 0 Å². The van der Waals surface area contributed by atoms with Crippen molar-refractivity contribution in [1.29, 1.82) is 0 Å². The Balaban J connectivity index is 0. The van der Waals surface area contributed by atoms with E-state index < -0.39 is 51.0 Å². The predicted molar refractivity (Wildman–Crippen MR) is 67.5 cm³/mol. The molecule has 11 heteroatoms. The molecule has 0 aliphatic heterocycles. The average Bonchev–Trinajstić information content (AvgIpc) is 2.37. The van der Waals surface area contributed by atoms with Crippen molar-refractivity contribution >= 4 is 22.1 Å². The van der Waals surface area contributed by atoms with E-state index in [0.29, 0.717) is 0 Å². The summed E-state index contributed by atoms with van der Waals surface area (Å²) in [4.78, 5) is 21.1. The zero-order chi connectivity index (χ0) is 16.2. The van der Waals surface area contributed by atoms with Gasteiger partial charge in [0.15, 0.2) is 6.29 Å². The molecule has 118 valence electrons. The Morgan fingerprint density at radius 2 is 1.55 bits per heavy atom. The first-order valence-corrected chi connectivity index (χ1v) is 6.91. The van der Waals surface area contributed by atoms with Gasteiger partial charge in [0.25, 0.3) is 10.1 Å². The first kappa shape index (κ1) is 21.0. The zero-order valence-corrected chi connectivity index (χ0v) is 14.3. The minimum Gasteiger partial charge on any atom is -1.00 e. The van der Waals surface area contributed by atoms with Crippen LogP contribution in [-0.2, 0) is 14.3 Å².